The molecule has 2 rings (SSSR count). The number of hydrogen-bond donors (Lipinski definition) is 2. The zero-order chi connectivity index (χ0) is 14.4. The predicted octanol–water partition coefficient (Wildman–Crippen LogP) is 1.75. The second-order valence-corrected chi connectivity index (χ2v) is 5.27. The van der Waals surface area contributed by atoms with E-state index in [2.05, 4.69) is 17.2 Å². The molecule has 0 aromatic carbocycles. The van der Waals surface area contributed by atoms with E-state index >= 15 is 0 Å². The summed E-state index contributed by atoms with van der Waals surface area (Å²) in [5, 5.41) is 12.5. The minimum atomic E-state index is 0.00912. The molecule has 2 N–H and O–H groups in total. The molecular weight excluding hydrogens is 254 g/mol. The second-order valence-electron chi connectivity index (χ2n) is 5.27. The standard InChI is InChI=1S/C15H23N3O2/c1-2-7-16-14-13(6-3-8-17-14)15(20)18-9-4-5-12(10-18)11-19/h3,6,8,12,19H,2,4-5,7,9-11H2,1H3,(H,16,17). The van der Waals surface area contributed by atoms with Gasteiger partial charge in [-0.15, -0.1) is 0 Å². The summed E-state index contributed by atoms with van der Waals surface area (Å²) in [6, 6.07) is 3.60. The lowest BCUT2D eigenvalue weighted by atomic mass is 9.98. The summed E-state index contributed by atoms with van der Waals surface area (Å²) < 4.78 is 0. The molecule has 5 heteroatoms. The van der Waals surface area contributed by atoms with E-state index in [0.717, 1.165) is 32.4 Å². The fourth-order valence-corrected chi connectivity index (χ4v) is 2.53. The lowest BCUT2D eigenvalue weighted by molar-refractivity contribution is 0.0621. The van der Waals surface area contributed by atoms with Crippen LogP contribution in [0.15, 0.2) is 18.3 Å². The van der Waals surface area contributed by atoms with E-state index in [1.54, 1.807) is 12.3 Å². The molecule has 110 valence electrons. The Bertz CT molecular complexity index is 450. The van der Waals surface area contributed by atoms with Crippen LogP contribution in [0.2, 0.25) is 0 Å². The Kier molecular flexibility index (Phi) is 5.35. The van der Waals surface area contributed by atoms with Gasteiger partial charge in [0.25, 0.3) is 5.91 Å². The summed E-state index contributed by atoms with van der Waals surface area (Å²) in [7, 11) is 0. The van der Waals surface area contributed by atoms with E-state index in [0.29, 0.717) is 17.9 Å². The molecule has 1 amide bonds. The van der Waals surface area contributed by atoms with Crippen LogP contribution in [0.25, 0.3) is 0 Å². The summed E-state index contributed by atoms with van der Waals surface area (Å²) in [5.74, 6) is 0.872. The normalized spacial score (nSPS) is 18.9. The van der Waals surface area contributed by atoms with Gasteiger partial charge >= 0.3 is 0 Å². The van der Waals surface area contributed by atoms with Crippen LogP contribution in [0, 0.1) is 5.92 Å². The van der Waals surface area contributed by atoms with Crippen LogP contribution < -0.4 is 5.32 Å². The van der Waals surface area contributed by atoms with Crippen LogP contribution in [0.3, 0.4) is 0 Å². The van der Waals surface area contributed by atoms with E-state index in [4.69, 9.17) is 0 Å². The summed E-state index contributed by atoms with van der Waals surface area (Å²) in [4.78, 5) is 18.7. The van der Waals surface area contributed by atoms with Gasteiger partial charge in [0.15, 0.2) is 0 Å². The van der Waals surface area contributed by atoms with Gasteiger partial charge in [0.2, 0.25) is 0 Å². The molecule has 1 atom stereocenters. The van der Waals surface area contributed by atoms with Crippen molar-refractivity contribution >= 4 is 11.7 Å². The number of pyridine rings is 1. The summed E-state index contributed by atoms with van der Waals surface area (Å²) in [6.45, 7) is 4.43. The molecule has 0 saturated carbocycles. The number of anilines is 1. The van der Waals surface area contributed by atoms with Gasteiger partial charge in [0.1, 0.15) is 5.82 Å². The number of piperidine rings is 1. The quantitative estimate of drug-likeness (QED) is 0.860. The van der Waals surface area contributed by atoms with Crippen molar-refractivity contribution in [1.82, 2.24) is 9.88 Å². The molecule has 20 heavy (non-hydrogen) atoms. The molecule has 0 spiro atoms. The third kappa shape index (κ3) is 3.48. The number of hydrogen-bond acceptors (Lipinski definition) is 4. The molecule has 1 aliphatic heterocycles. The number of carbonyl (C=O) groups excluding carboxylic acids is 1. The van der Waals surface area contributed by atoms with E-state index in [1.165, 1.54) is 0 Å². The molecule has 0 bridgehead atoms. The van der Waals surface area contributed by atoms with Gasteiger partial charge in [-0.3, -0.25) is 4.79 Å². The first-order chi connectivity index (χ1) is 9.76. The first-order valence-corrected chi connectivity index (χ1v) is 7.35. The fraction of sp³-hybridized carbons (Fsp3) is 0.600. The van der Waals surface area contributed by atoms with Gasteiger partial charge < -0.3 is 15.3 Å². The minimum Gasteiger partial charge on any atom is -0.396 e. The zero-order valence-corrected chi connectivity index (χ0v) is 12.0. The maximum absolute atomic E-state index is 12.6. The van der Waals surface area contributed by atoms with Crippen molar-refractivity contribution in [1.29, 1.82) is 0 Å². The average Bonchev–Trinajstić information content (AvgIpc) is 2.52. The number of carbonyl (C=O) groups is 1. The number of rotatable bonds is 5. The highest BCUT2D eigenvalue weighted by Crippen LogP contribution is 2.20. The Hall–Kier alpha value is -1.62. The SMILES string of the molecule is CCCNc1ncccc1C(=O)N1CCCC(CO)C1. The van der Waals surface area contributed by atoms with Crippen LogP contribution in [0.4, 0.5) is 5.82 Å². The van der Waals surface area contributed by atoms with Crippen LogP contribution in [-0.2, 0) is 0 Å². The Morgan fingerprint density at radius 3 is 3.20 bits per heavy atom. The summed E-state index contributed by atoms with van der Waals surface area (Å²) >= 11 is 0. The number of nitrogens with zero attached hydrogens (tertiary/aromatic N) is 2. The number of amides is 1. The third-order valence-corrected chi connectivity index (χ3v) is 3.64. The average molecular weight is 277 g/mol. The highest BCUT2D eigenvalue weighted by Gasteiger charge is 2.25. The minimum absolute atomic E-state index is 0.00912. The number of likely N-dealkylation sites (tertiary alicyclic amines) is 1. The second kappa shape index (κ2) is 7.24. The topological polar surface area (TPSA) is 65.5 Å². The molecule has 1 aromatic heterocycles. The van der Waals surface area contributed by atoms with E-state index in [1.807, 2.05) is 11.0 Å². The number of aliphatic hydroxyl groups excluding tert-OH is 1. The molecular formula is C15H23N3O2. The maximum atomic E-state index is 12.6. The first-order valence-electron chi connectivity index (χ1n) is 7.35. The number of aromatic nitrogens is 1. The van der Waals surface area contributed by atoms with E-state index in [-0.39, 0.29) is 18.4 Å². The Balaban J connectivity index is 2.11. The third-order valence-electron chi connectivity index (χ3n) is 3.64. The molecule has 1 saturated heterocycles. The van der Waals surface area contributed by atoms with Crippen molar-refractivity contribution in [2.45, 2.75) is 26.2 Å². The van der Waals surface area contributed by atoms with Crippen molar-refractivity contribution in [2.75, 3.05) is 31.6 Å². The van der Waals surface area contributed by atoms with Gasteiger partial charge in [-0.1, -0.05) is 6.92 Å². The van der Waals surface area contributed by atoms with E-state index < -0.39 is 0 Å². The fourth-order valence-electron chi connectivity index (χ4n) is 2.53. The molecule has 1 unspecified atom stereocenters. The lowest BCUT2D eigenvalue weighted by Gasteiger charge is -2.32. The first kappa shape index (κ1) is 14.8. The van der Waals surface area contributed by atoms with Crippen molar-refractivity contribution in [2.24, 2.45) is 5.92 Å². The molecule has 1 aliphatic rings. The highest BCUT2D eigenvalue weighted by molar-refractivity contribution is 5.98. The number of nitrogens with one attached hydrogen (secondary N) is 1. The maximum Gasteiger partial charge on any atom is 0.257 e. The molecule has 1 aromatic rings. The predicted molar refractivity (Wildman–Crippen MR) is 78.7 cm³/mol. The van der Waals surface area contributed by atoms with Crippen LogP contribution in [-0.4, -0.2) is 47.1 Å². The molecule has 0 aliphatic carbocycles. The molecule has 1 fully saturated rings. The summed E-state index contributed by atoms with van der Waals surface area (Å²) in [5.41, 5.74) is 0.625. The molecule has 5 nitrogen and oxygen atoms in total. The Labute approximate surface area is 120 Å². The van der Waals surface area contributed by atoms with Crippen molar-refractivity contribution in [3.05, 3.63) is 23.9 Å². The van der Waals surface area contributed by atoms with Crippen LogP contribution in [0.1, 0.15) is 36.5 Å². The van der Waals surface area contributed by atoms with Gasteiger partial charge in [0.05, 0.1) is 5.56 Å². The van der Waals surface area contributed by atoms with Crippen LogP contribution in [0.5, 0.6) is 0 Å². The van der Waals surface area contributed by atoms with Crippen molar-refractivity contribution in [3.8, 4) is 0 Å². The van der Waals surface area contributed by atoms with Crippen LogP contribution >= 0.6 is 0 Å². The Morgan fingerprint density at radius 1 is 1.60 bits per heavy atom. The Morgan fingerprint density at radius 2 is 2.45 bits per heavy atom. The lowest BCUT2D eigenvalue weighted by Crippen LogP contribution is -2.41. The largest absolute Gasteiger partial charge is 0.396 e. The number of aliphatic hydroxyl groups is 1. The molecule has 0 radical (unpaired) electrons. The van der Waals surface area contributed by atoms with E-state index in [9.17, 15) is 9.90 Å². The zero-order valence-electron chi connectivity index (χ0n) is 12.0. The van der Waals surface area contributed by atoms with Gasteiger partial charge in [-0.2, -0.15) is 0 Å². The van der Waals surface area contributed by atoms with Gasteiger partial charge in [-0.25, -0.2) is 4.98 Å². The van der Waals surface area contributed by atoms with Gasteiger partial charge in [-0.05, 0) is 37.3 Å². The highest BCUT2D eigenvalue weighted by atomic mass is 16.3. The van der Waals surface area contributed by atoms with Crippen molar-refractivity contribution in [3.63, 3.8) is 0 Å². The van der Waals surface area contributed by atoms with Crippen molar-refractivity contribution < 1.29 is 9.90 Å². The smallest absolute Gasteiger partial charge is 0.257 e. The van der Waals surface area contributed by atoms with Gasteiger partial charge in [0, 0.05) is 32.4 Å². The molecule has 2 heterocycles. The summed E-state index contributed by atoms with van der Waals surface area (Å²) in [6.07, 6.45) is 4.63. The monoisotopic (exact) mass is 277 g/mol.